The molecule has 7 heteroatoms. The molecule has 2 unspecified atom stereocenters. The Kier molecular flexibility index (Phi) is 7.15. The van der Waals surface area contributed by atoms with Crippen LogP contribution in [0.25, 0.3) is 0 Å². The molecule has 5 nitrogen and oxygen atoms in total. The predicted octanol–water partition coefficient (Wildman–Crippen LogP) is 2.20. The fraction of sp³-hybridized carbons (Fsp3) is 0.667. The summed E-state index contributed by atoms with van der Waals surface area (Å²) in [6.07, 6.45) is 4.71. The van der Waals surface area contributed by atoms with Crippen molar-refractivity contribution >= 4 is 34.2 Å². The topological polar surface area (TPSA) is 66.9 Å². The van der Waals surface area contributed by atoms with E-state index in [0.29, 0.717) is 5.75 Å². The van der Waals surface area contributed by atoms with Crippen LogP contribution in [0, 0.1) is 0 Å². The van der Waals surface area contributed by atoms with Crippen molar-refractivity contribution in [3.8, 4) is 0 Å². The summed E-state index contributed by atoms with van der Waals surface area (Å²) in [5, 5.41) is 7.26. The van der Waals surface area contributed by atoms with Crippen LogP contribution in [0.1, 0.15) is 20.3 Å². The highest BCUT2D eigenvalue weighted by molar-refractivity contribution is 7.98. The van der Waals surface area contributed by atoms with Gasteiger partial charge in [0.15, 0.2) is 5.16 Å². The van der Waals surface area contributed by atoms with Crippen molar-refractivity contribution in [3.05, 3.63) is 6.07 Å². The maximum absolute atomic E-state index is 11.2. The van der Waals surface area contributed by atoms with E-state index in [1.165, 1.54) is 11.8 Å². The fourth-order valence-electron chi connectivity index (χ4n) is 1.58. The Morgan fingerprint density at radius 3 is 2.68 bits per heavy atom. The molecule has 0 aliphatic rings. The molecule has 108 valence electrons. The lowest BCUT2D eigenvalue weighted by Gasteiger charge is -2.14. The summed E-state index contributed by atoms with van der Waals surface area (Å²) in [6.45, 7) is 5.00. The number of rotatable bonds is 8. The molecule has 0 saturated heterocycles. The van der Waals surface area contributed by atoms with E-state index in [-0.39, 0.29) is 6.04 Å². The van der Waals surface area contributed by atoms with Crippen LogP contribution in [0.2, 0.25) is 0 Å². The highest BCUT2D eigenvalue weighted by Gasteiger charge is 2.08. The van der Waals surface area contributed by atoms with Crippen LogP contribution in [-0.4, -0.2) is 45.0 Å². The molecule has 1 aromatic rings. The number of aromatic nitrogens is 2. The third-order valence-electron chi connectivity index (χ3n) is 2.32. The molecule has 0 spiro atoms. The smallest absolute Gasteiger partial charge is 0.191 e. The Bertz CT molecular complexity index is 428. The van der Waals surface area contributed by atoms with Gasteiger partial charge in [-0.3, -0.25) is 4.21 Å². The van der Waals surface area contributed by atoms with Gasteiger partial charge >= 0.3 is 0 Å². The molecule has 0 saturated carbocycles. The van der Waals surface area contributed by atoms with E-state index < -0.39 is 10.8 Å². The van der Waals surface area contributed by atoms with Crippen LogP contribution in [0.15, 0.2) is 11.2 Å². The Morgan fingerprint density at radius 2 is 2.11 bits per heavy atom. The molecule has 0 aliphatic carbocycles. The zero-order chi connectivity index (χ0) is 14.3. The Morgan fingerprint density at radius 1 is 1.42 bits per heavy atom. The minimum atomic E-state index is -0.813. The molecule has 1 heterocycles. The third kappa shape index (κ3) is 6.24. The predicted molar refractivity (Wildman–Crippen MR) is 84.6 cm³/mol. The SMILES string of the molecule is CCCNc1cc(NC(C)CS(C)=O)nc(SC)n1. The molecule has 0 aliphatic heterocycles. The zero-order valence-corrected chi connectivity index (χ0v) is 13.5. The van der Waals surface area contributed by atoms with Gasteiger partial charge in [0, 0.05) is 41.5 Å². The molecule has 0 amide bonds. The highest BCUT2D eigenvalue weighted by atomic mass is 32.2. The van der Waals surface area contributed by atoms with Crippen LogP contribution in [0.4, 0.5) is 11.6 Å². The van der Waals surface area contributed by atoms with Crippen molar-refractivity contribution in [1.82, 2.24) is 9.97 Å². The van der Waals surface area contributed by atoms with Crippen LogP contribution in [-0.2, 0) is 10.8 Å². The first-order valence-corrected chi connectivity index (χ1v) is 9.23. The number of nitrogens with one attached hydrogen (secondary N) is 2. The Hall–Kier alpha value is -0.820. The number of hydrogen-bond donors (Lipinski definition) is 2. The molecule has 19 heavy (non-hydrogen) atoms. The first-order valence-electron chi connectivity index (χ1n) is 6.28. The summed E-state index contributed by atoms with van der Waals surface area (Å²) in [5.41, 5.74) is 0. The van der Waals surface area contributed by atoms with E-state index in [1.807, 2.05) is 19.2 Å². The lowest BCUT2D eigenvalue weighted by Crippen LogP contribution is -2.23. The van der Waals surface area contributed by atoms with Crippen molar-refractivity contribution < 1.29 is 4.21 Å². The van der Waals surface area contributed by atoms with E-state index in [0.717, 1.165) is 29.8 Å². The largest absolute Gasteiger partial charge is 0.370 e. The molecule has 0 fully saturated rings. The summed E-state index contributed by atoms with van der Waals surface area (Å²) in [6, 6.07) is 2.01. The van der Waals surface area contributed by atoms with E-state index in [1.54, 1.807) is 6.26 Å². The van der Waals surface area contributed by atoms with Gasteiger partial charge in [0.2, 0.25) is 0 Å². The van der Waals surface area contributed by atoms with Crippen molar-refractivity contribution in [2.45, 2.75) is 31.5 Å². The minimum Gasteiger partial charge on any atom is -0.370 e. The molecule has 2 atom stereocenters. The first-order chi connectivity index (χ1) is 9.05. The molecule has 0 bridgehead atoms. The van der Waals surface area contributed by atoms with Crippen molar-refractivity contribution in [2.24, 2.45) is 0 Å². The van der Waals surface area contributed by atoms with Gasteiger partial charge in [0.25, 0.3) is 0 Å². The van der Waals surface area contributed by atoms with Crippen molar-refractivity contribution in [2.75, 3.05) is 35.4 Å². The summed E-state index contributed by atoms with van der Waals surface area (Å²) >= 11 is 1.51. The number of thioether (sulfide) groups is 1. The standard InChI is InChI=1S/C12H22N4OS2/c1-5-6-13-10-7-11(16-12(15-10)18-3)14-9(2)8-19(4)17/h7,9H,5-6,8H2,1-4H3,(H2,13,14,15,16). The third-order valence-corrected chi connectivity index (χ3v) is 3.84. The Balaban J connectivity index is 2.78. The van der Waals surface area contributed by atoms with Gasteiger partial charge in [-0.25, -0.2) is 9.97 Å². The second kappa shape index (κ2) is 8.37. The van der Waals surface area contributed by atoms with Gasteiger partial charge in [0.05, 0.1) is 0 Å². The molecule has 1 aromatic heterocycles. The van der Waals surface area contributed by atoms with E-state index in [9.17, 15) is 4.21 Å². The lowest BCUT2D eigenvalue weighted by molar-refractivity contribution is 0.682. The highest BCUT2D eigenvalue weighted by Crippen LogP contribution is 2.18. The molecular weight excluding hydrogens is 280 g/mol. The van der Waals surface area contributed by atoms with Crippen LogP contribution in [0.5, 0.6) is 0 Å². The van der Waals surface area contributed by atoms with Gasteiger partial charge in [-0.05, 0) is 19.6 Å². The van der Waals surface area contributed by atoms with Crippen LogP contribution < -0.4 is 10.6 Å². The van der Waals surface area contributed by atoms with Crippen LogP contribution in [0.3, 0.4) is 0 Å². The molecule has 0 radical (unpaired) electrons. The normalized spacial score (nSPS) is 13.9. The second-order valence-corrected chi connectivity index (χ2v) is 6.59. The van der Waals surface area contributed by atoms with Gasteiger partial charge in [-0.2, -0.15) is 0 Å². The van der Waals surface area contributed by atoms with Gasteiger partial charge in [0.1, 0.15) is 11.6 Å². The van der Waals surface area contributed by atoms with Gasteiger partial charge in [-0.1, -0.05) is 18.7 Å². The summed E-state index contributed by atoms with van der Waals surface area (Å²) in [5.74, 6) is 2.21. The molecular formula is C12H22N4OS2. The number of hydrogen-bond acceptors (Lipinski definition) is 6. The molecule has 0 aromatic carbocycles. The zero-order valence-electron chi connectivity index (χ0n) is 11.9. The van der Waals surface area contributed by atoms with Crippen molar-refractivity contribution in [3.63, 3.8) is 0 Å². The minimum absolute atomic E-state index is 0.120. The maximum Gasteiger partial charge on any atom is 0.191 e. The molecule has 1 rings (SSSR count). The van der Waals surface area contributed by atoms with E-state index in [2.05, 4.69) is 27.5 Å². The number of nitrogens with zero attached hydrogens (tertiary/aromatic N) is 2. The average molecular weight is 302 g/mol. The van der Waals surface area contributed by atoms with E-state index in [4.69, 9.17) is 0 Å². The second-order valence-electron chi connectivity index (χ2n) is 4.34. The van der Waals surface area contributed by atoms with Gasteiger partial charge in [-0.15, -0.1) is 0 Å². The molecule has 2 N–H and O–H groups in total. The maximum atomic E-state index is 11.2. The number of anilines is 2. The summed E-state index contributed by atoms with van der Waals surface area (Å²) in [7, 11) is -0.813. The van der Waals surface area contributed by atoms with E-state index >= 15 is 0 Å². The van der Waals surface area contributed by atoms with Gasteiger partial charge < -0.3 is 10.6 Å². The first kappa shape index (κ1) is 16.2. The summed E-state index contributed by atoms with van der Waals surface area (Å²) < 4.78 is 11.2. The Labute approximate surface area is 121 Å². The van der Waals surface area contributed by atoms with Crippen LogP contribution >= 0.6 is 11.8 Å². The monoisotopic (exact) mass is 302 g/mol. The average Bonchev–Trinajstić information content (AvgIpc) is 2.34. The quantitative estimate of drug-likeness (QED) is 0.567. The van der Waals surface area contributed by atoms with Crippen molar-refractivity contribution in [1.29, 1.82) is 0 Å². The fourth-order valence-corrected chi connectivity index (χ4v) is 2.75. The summed E-state index contributed by atoms with van der Waals surface area (Å²) in [4.78, 5) is 8.81. The lowest BCUT2D eigenvalue weighted by atomic mass is 10.4.